The number of methoxy groups -OCH3 is 1. The van der Waals surface area contributed by atoms with Crippen molar-refractivity contribution in [2.75, 3.05) is 7.11 Å². The molecule has 0 aliphatic heterocycles. The maximum absolute atomic E-state index is 11.3. The highest BCUT2D eigenvalue weighted by molar-refractivity contribution is 5.87. The van der Waals surface area contributed by atoms with E-state index in [1.807, 2.05) is 25.1 Å². The molecular formula is C26H34O2. The van der Waals surface area contributed by atoms with Crippen molar-refractivity contribution >= 4 is 17.6 Å². The predicted molar refractivity (Wildman–Crippen MR) is 122 cm³/mol. The van der Waals surface area contributed by atoms with Crippen molar-refractivity contribution in [1.29, 1.82) is 0 Å². The highest BCUT2D eigenvalue weighted by Crippen LogP contribution is 2.39. The molecule has 0 aliphatic rings. The van der Waals surface area contributed by atoms with Crippen LogP contribution in [-0.2, 0) is 9.53 Å². The fourth-order valence-corrected chi connectivity index (χ4v) is 3.49. The molecule has 0 saturated heterocycles. The Kier molecular flexibility index (Phi) is 9.44. The molecule has 2 heteroatoms. The number of esters is 1. The number of hydrogen-bond donors (Lipinski definition) is 0. The fraction of sp³-hybridized carbons (Fsp3) is 0.346. The van der Waals surface area contributed by atoms with Gasteiger partial charge in [-0.25, -0.2) is 4.79 Å². The first-order chi connectivity index (χ1) is 13.3. The standard InChI is InChI=1S/C26H34O2/c1-8-12-23(24(11-4)26(5,6)19-9-2)22(10-3)21-16-13-20(14-17-21)15-18-25(27)28-7/h8,10-18H,4,9,19H2,1-3,5-7H3/b12-8-,18-15+,22-10-,24-23-. The second-order valence-corrected chi connectivity index (χ2v) is 7.35. The number of benzene rings is 1. The van der Waals surface area contributed by atoms with Gasteiger partial charge >= 0.3 is 5.97 Å². The van der Waals surface area contributed by atoms with Gasteiger partial charge in [0.2, 0.25) is 0 Å². The van der Waals surface area contributed by atoms with Crippen molar-refractivity contribution in [3.8, 4) is 0 Å². The fourth-order valence-electron chi connectivity index (χ4n) is 3.49. The van der Waals surface area contributed by atoms with E-state index in [1.165, 1.54) is 29.9 Å². The number of hydrogen-bond acceptors (Lipinski definition) is 2. The highest BCUT2D eigenvalue weighted by Gasteiger charge is 2.24. The van der Waals surface area contributed by atoms with E-state index in [4.69, 9.17) is 0 Å². The largest absolute Gasteiger partial charge is 0.466 e. The molecule has 0 spiro atoms. The quantitative estimate of drug-likeness (QED) is 0.259. The summed E-state index contributed by atoms with van der Waals surface area (Å²) in [5, 5.41) is 0. The molecule has 28 heavy (non-hydrogen) atoms. The van der Waals surface area contributed by atoms with Crippen molar-refractivity contribution in [1.82, 2.24) is 0 Å². The summed E-state index contributed by atoms with van der Waals surface area (Å²) in [4.78, 5) is 11.3. The molecule has 0 aliphatic carbocycles. The molecule has 0 radical (unpaired) electrons. The van der Waals surface area contributed by atoms with Gasteiger partial charge in [0.1, 0.15) is 0 Å². The van der Waals surface area contributed by atoms with Crippen LogP contribution in [0.5, 0.6) is 0 Å². The van der Waals surface area contributed by atoms with Crippen molar-refractivity contribution < 1.29 is 9.53 Å². The van der Waals surface area contributed by atoms with Gasteiger partial charge in [-0.1, -0.05) is 82.3 Å². The third-order valence-corrected chi connectivity index (χ3v) is 4.85. The Morgan fingerprint density at radius 1 is 1.14 bits per heavy atom. The molecule has 1 aromatic carbocycles. The van der Waals surface area contributed by atoms with Crippen LogP contribution in [0.1, 0.15) is 58.6 Å². The Balaban J connectivity index is 3.42. The zero-order valence-electron chi connectivity index (χ0n) is 18.2. The van der Waals surface area contributed by atoms with E-state index >= 15 is 0 Å². The summed E-state index contributed by atoms with van der Waals surface area (Å²) in [6.07, 6.45) is 13.8. The van der Waals surface area contributed by atoms with Gasteiger partial charge in [-0.15, -0.1) is 0 Å². The first-order valence-electron chi connectivity index (χ1n) is 9.87. The van der Waals surface area contributed by atoms with E-state index in [0.717, 1.165) is 24.0 Å². The molecule has 1 aromatic rings. The van der Waals surface area contributed by atoms with Crippen LogP contribution in [0.2, 0.25) is 0 Å². The second kappa shape index (κ2) is 11.3. The van der Waals surface area contributed by atoms with Gasteiger partial charge in [-0.3, -0.25) is 0 Å². The van der Waals surface area contributed by atoms with E-state index < -0.39 is 0 Å². The van der Waals surface area contributed by atoms with Gasteiger partial charge in [0.15, 0.2) is 0 Å². The summed E-state index contributed by atoms with van der Waals surface area (Å²) in [5.41, 5.74) is 5.78. The molecular weight excluding hydrogens is 344 g/mol. The zero-order valence-corrected chi connectivity index (χ0v) is 18.2. The highest BCUT2D eigenvalue weighted by atomic mass is 16.5. The Labute approximate surface area is 171 Å². The van der Waals surface area contributed by atoms with Crippen LogP contribution in [0.3, 0.4) is 0 Å². The molecule has 0 atom stereocenters. The minimum atomic E-state index is -0.356. The molecule has 0 bridgehead atoms. The van der Waals surface area contributed by atoms with Gasteiger partial charge in [-0.05, 0) is 59.6 Å². The molecule has 0 fully saturated rings. The summed E-state index contributed by atoms with van der Waals surface area (Å²) in [5.74, 6) is -0.356. The molecule has 0 amide bonds. The van der Waals surface area contributed by atoms with Crippen molar-refractivity contribution in [3.05, 3.63) is 83.5 Å². The van der Waals surface area contributed by atoms with Gasteiger partial charge < -0.3 is 4.74 Å². The lowest BCUT2D eigenvalue weighted by Crippen LogP contribution is -2.15. The number of rotatable bonds is 9. The van der Waals surface area contributed by atoms with E-state index in [0.29, 0.717) is 0 Å². The number of allylic oxidation sites excluding steroid dienone is 7. The van der Waals surface area contributed by atoms with E-state index in [9.17, 15) is 4.79 Å². The van der Waals surface area contributed by atoms with E-state index in [1.54, 1.807) is 6.08 Å². The molecule has 150 valence electrons. The summed E-state index contributed by atoms with van der Waals surface area (Å²) >= 11 is 0. The van der Waals surface area contributed by atoms with Crippen molar-refractivity contribution in [3.63, 3.8) is 0 Å². The van der Waals surface area contributed by atoms with Crippen LogP contribution in [0.25, 0.3) is 11.6 Å². The molecule has 0 heterocycles. The zero-order chi connectivity index (χ0) is 21.2. The molecule has 2 nitrogen and oxygen atoms in total. The first kappa shape index (κ1) is 23.4. The number of ether oxygens (including phenoxy) is 1. The van der Waals surface area contributed by atoms with Crippen LogP contribution in [0, 0.1) is 5.41 Å². The molecule has 0 unspecified atom stereocenters. The van der Waals surface area contributed by atoms with E-state index in [-0.39, 0.29) is 11.4 Å². The van der Waals surface area contributed by atoms with Gasteiger partial charge in [0, 0.05) is 6.08 Å². The minimum Gasteiger partial charge on any atom is -0.466 e. The smallest absolute Gasteiger partial charge is 0.330 e. The van der Waals surface area contributed by atoms with Crippen LogP contribution < -0.4 is 0 Å². The summed E-state index contributed by atoms with van der Waals surface area (Å²) < 4.78 is 4.64. The van der Waals surface area contributed by atoms with Crippen molar-refractivity contribution in [2.24, 2.45) is 5.41 Å². The summed E-state index contributed by atoms with van der Waals surface area (Å²) in [6.45, 7) is 15.0. The average molecular weight is 379 g/mol. The molecule has 0 N–H and O–H groups in total. The SMILES string of the molecule is C=C/C(=C(\C=C/C)C(=C\C)/c1ccc(/C=C/C(=O)OC)cc1)C(C)(C)CCC. The topological polar surface area (TPSA) is 26.3 Å². The lowest BCUT2D eigenvalue weighted by atomic mass is 9.75. The molecule has 0 saturated carbocycles. The number of carbonyl (C=O) groups is 1. The lowest BCUT2D eigenvalue weighted by Gasteiger charge is -2.29. The van der Waals surface area contributed by atoms with Gasteiger partial charge in [0.05, 0.1) is 7.11 Å². The molecule has 0 aromatic heterocycles. The maximum atomic E-state index is 11.3. The molecule has 1 rings (SSSR count). The first-order valence-corrected chi connectivity index (χ1v) is 9.87. The minimum absolute atomic E-state index is 0.0444. The summed E-state index contributed by atoms with van der Waals surface area (Å²) in [6, 6.07) is 8.19. The van der Waals surface area contributed by atoms with Crippen LogP contribution in [0.4, 0.5) is 0 Å². The Morgan fingerprint density at radius 3 is 2.25 bits per heavy atom. The normalized spacial score (nSPS) is 13.7. The Hall–Kier alpha value is -2.61. The monoisotopic (exact) mass is 378 g/mol. The second-order valence-electron chi connectivity index (χ2n) is 7.35. The van der Waals surface area contributed by atoms with Crippen LogP contribution >= 0.6 is 0 Å². The number of carbonyl (C=O) groups excluding carboxylic acids is 1. The average Bonchev–Trinajstić information content (AvgIpc) is 2.67. The Bertz CT molecular complexity index is 784. The van der Waals surface area contributed by atoms with Crippen molar-refractivity contribution in [2.45, 2.75) is 47.5 Å². The Morgan fingerprint density at radius 2 is 1.79 bits per heavy atom. The summed E-state index contributed by atoms with van der Waals surface area (Å²) in [7, 11) is 1.38. The van der Waals surface area contributed by atoms with Gasteiger partial charge in [0.25, 0.3) is 0 Å². The lowest BCUT2D eigenvalue weighted by molar-refractivity contribution is -0.134. The predicted octanol–water partition coefficient (Wildman–Crippen LogP) is 7.16. The third-order valence-electron chi connectivity index (χ3n) is 4.85. The third kappa shape index (κ3) is 6.23. The van der Waals surface area contributed by atoms with Gasteiger partial charge in [-0.2, -0.15) is 0 Å². The van der Waals surface area contributed by atoms with E-state index in [2.05, 4.69) is 69.4 Å². The maximum Gasteiger partial charge on any atom is 0.330 e. The van der Waals surface area contributed by atoms with Crippen LogP contribution in [-0.4, -0.2) is 13.1 Å². The van der Waals surface area contributed by atoms with Crippen LogP contribution in [0.15, 0.2) is 72.4 Å².